The number of halogens is 2. The van der Waals surface area contributed by atoms with Gasteiger partial charge < -0.3 is 9.47 Å². The lowest BCUT2D eigenvalue weighted by Gasteiger charge is -2.32. The van der Waals surface area contributed by atoms with E-state index in [1.165, 1.54) is 23.5 Å². The summed E-state index contributed by atoms with van der Waals surface area (Å²) in [5, 5.41) is 1.13. The second kappa shape index (κ2) is 10.3. The molecule has 9 heteroatoms. The van der Waals surface area contributed by atoms with Crippen LogP contribution in [0.15, 0.2) is 42.5 Å². The lowest BCUT2D eigenvalue weighted by Crippen LogP contribution is -2.50. The fourth-order valence-electron chi connectivity index (χ4n) is 3.73. The van der Waals surface area contributed by atoms with Gasteiger partial charge in [0.15, 0.2) is 10.7 Å². The van der Waals surface area contributed by atoms with Crippen molar-refractivity contribution < 1.29 is 18.7 Å². The Morgan fingerprint density at radius 2 is 1.97 bits per heavy atom. The molecule has 2 heterocycles. The molecule has 0 bridgehead atoms. The molecule has 1 amide bonds. The summed E-state index contributed by atoms with van der Waals surface area (Å²) in [7, 11) is 0. The number of hydrogen-bond acceptors (Lipinski definition) is 6. The highest BCUT2D eigenvalue weighted by molar-refractivity contribution is 7.22. The van der Waals surface area contributed by atoms with Gasteiger partial charge in [0.05, 0.1) is 23.4 Å². The van der Waals surface area contributed by atoms with Gasteiger partial charge in [-0.2, -0.15) is 0 Å². The van der Waals surface area contributed by atoms with E-state index in [0.717, 1.165) is 39.3 Å². The third-order valence-corrected chi connectivity index (χ3v) is 6.77. The number of carbonyl (C=O) groups is 1. The molecule has 0 spiro atoms. The van der Waals surface area contributed by atoms with Gasteiger partial charge in [0.25, 0.3) is 5.91 Å². The molecule has 6 nitrogen and oxygen atoms in total. The van der Waals surface area contributed by atoms with Crippen molar-refractivity contribution in [2.75, 3.05) is 44.3 Å². The van der Waals surface area contributed by atoms with Gasteiger partial charge in [-0.3, -0.25) is 14.6 Å². The van der Waals surface area contributed by atoms with Gasteiger partial charge in [-0.05, 0) is 62.7 Å². The lowest BCUT2D eigenvalue weighted by atomic mass is 10.1. The molecule has 176 valence electrons. The Labute approximate surface area is 201 Å². The predicted molar refractivity (Wildman–Crippen MR) is 130 cm³/mol. The average molecular weight is 492 g/mol. The van der Waals surface area contributed by atoms with E-state index in [2.05, 4.69) is 9.88 Å². The highest BCUT2D eigenvalue weighted by Crippen LogP contribution is 2.32. The van der Waals surface area contributed by atoms with Gasteiger partial charge in [0.1, 0.15) is 11.6 Å². The first-order valence-corrected chi connectivity index (χ1v) is 12.1. The summed E-state index contributed by atoms with van der Waals surface area (Å²) in [6.45, 7) is 8.05. The van der Waals surface area contributed by atoms with Gasteiger partial charge >= 0.3 is 0 Å². The van der Waals surface area contributed by atoms with Crippen molar-refractivity contribution in [3.63, 3.8) is 0 Å². The predicted octanol–water partition coefficient (Wildman–Crippen LogP) is 5.00. The van der Waals surface area contributed by atoms with Crippen LogP contribution in [0.5, 0.6) is 5.75 Å². The van der Waals surface area contributed by atoms with Gasteiger partial charge in [-0.1, -0.05) is 22.9 Å². The summed E-state index contributed by atoms with van der Waals surface area (Å²) >= 11 is 7.28. The zero-order valence-electron chi connectivity index (χ0n) is 18.7. The number of amides is 1. The van der Waals surface area contributed by atoms with Crippen molar-refractivity contribution in [2.24, 2.45) is 0 Å². The SMILES string of the molecule is CC(C)(Oc1ccc(Cl)cc1)C(=O)N(CCCN1CCOCC1)c1nc2ccc(F)cc2s1. The first kappa shape index (κ1) is 23.9. The van der Waals surface area contributed by atoms with Crippen LogP contribution in [0.4, 0.5) is 9.52 Å². The quantitative estimate of drug-likeness (QED) is 0.443. The van der Waals surface area contributed by atoms with Crippen LogP contribution in [0.25, 0.3) is 10.2 Å². The highest BCUT2D eigenvalue weighted by Gasteiger charge is 2.36. The van der Waals surface area contributed by atoms with Gasteiger partial charge in [-0.15, -0.1) is 0 Å². The Kier molecular flexibility index (Phi) is 7.48. The maximum Gasteiger partial charge on any atom is 0.272 e. The number of rotatable bonds is 8. The number of carbonyl (C=O) groups excluding carboxylic acids is 1. The molecule has 2 aromatic carbocycles. The Hall–Kier alpha value is -2.26. The summed E-state index contributed by atoms with van der Waals surface area (Å²) in [6, 6.07) is 11.4. The first-order chi connectivity index (χ1) is 15.8. The minimum atomic E-state index is -1.14. The molecule has 0 radical (unpaired) electrons. The molecule has 4 rings (SSSR count). The average Bonchev–Trinajstić information content (AvgIpc) is 3.21. The third-order valence-electron chi connectivity index (χ3n) is 5.48. The zero-order chi connectivity index (χ0) is 23.4. The smallest absolute Gasteiger partial charge is 0.272 e. The molecule has 3 aromatic rings. The molecule has 0 saturated carbocycles. The fourth-order valence-corrected chi connectivity index (χ4v) is 4.87. The lowest BCUT2D eigenvalue weighted by molar-refractivity contribution is -0.131. The van der Waals surface area contributed by atoms with Crippen LogP contribution in [0.1, 0.15) is 20.3 Å². The molecule has 1 aromatic heterocycles. The number of nitrogens with zero attached hydrogens (tertiary/aromatic N) is 3. The molecule has 0 N–H and O–H groups in total. The topological polar surface area (TPSA) is 54.9 Å². The summed E-state index contributed by atoms with van der Waals surface area (Å²) in [5.41, 5.74) is -0.477. The number of morpholine rings is 1. The molecular weight excluding hydrogens is 465 g/mol. The van der Waals surface area contributed by atoms with E-state index >= 15 is 0 Å². The molecule has 0 unspecified atom stereocenters. The van der Waals surface area contributed by atoms with Gasteiger partial charge in [0.2, 0.25) is 0 Å². The highest BCUT2D eigenvalue weighted by atomic mass is 35.5. The Bertz CT molecular complexity index is 1100. The Morgan fingerprint density at radius 1 is 1.24 bits per heavy atom. The number of ether oxygens (including phenoxy) is 2. The van der Waals surface area contributed by atoms with Crippen molar-refractivity contribution in [1.29, 1.82) is 0 Å². The van der Waals surface area contributed by atoms with Crippen LogP contribution in [-0.4, -0.2) is 60.8 Å². The van der Waals surface area contributed by atoms with Gasteiger partial charge in [-0.25, -0.2) is 9.37 Å². The monoisotopic (exact) mass is 491 g/mol. The van der Waals surface area contributed by atoms with E-state index in [9.17, 15) is 9.18 Å². The maximum absolute atomic E-state index is 13.7. The number of anilines is 1. The standard InChI is InChI=1S/C24H27ClFN3O3S/c1-24(2,32-19-7-4-17(25)5-8-19)22(30)29(11-3-10-28-12-14-31-15-13-28)23-27-20-9-6-18(26)16-21(20)33-23/h4-9,16H,3,10-15H2,1-2H3. The zero-order valence-corrected chi connectivity index (χ0v) is 20.3. The van der Waals surface area contributed by atoms with Crippen LogP contribution in [0.3, 0.4) is 0 Å². The van der Waals surface area contributed by atoms with Crippen LogP contribution in [0, 0.1) is 5.82 Å². The van der Waals surface area contributed by atoms with Crippen molar-refractivity contribution in [3.05, 3.63) is 53.3 Å². The Morgan fingerprint density at radius 3 is 2.70 bits per heavy atom. The van der Waals surface area contributed by atoms with E-state index in [1.807, 2.05) is 0 Å². The van der Waals surface area contributed by atoms with Crippen LogP contribution < -0.4 is 9.64 Å². The largest absolute Gasteiger partial charge is 0.478 e. The van der Waals surface area contributed by atoms with Crippen LogP contribution in [-0.2, 0) is 9.53 Å². The molecule has 1 aliphatic heterocycles. The second-order valence-corrected chi connectivity index (χ2v) is 9.88. The number of hydrogen-bond donors (Lipinski definition) is 0. The van der Waals surface area contributed by atoms with E-state index in [4.69, 9.17) is 21.1 Å². The van der Waals surface area contributed by atoms with E-state index in [0.29, 0.717) is 32.7 Å². The van der Waals surface area contributed by atoms with Crippen molar-refractivity contribution in [2.45, 2.75) is 25.9 Å². The molecular formula is C24H27ClFN3O3S. The number of fused-ring (bicyclic) bond motifs is 1. The summed E-state index contributed by atoms with van der Waals surface area (Å²) in [4.78, 5) is 22.3. The molecule has 33 heavy (non-hydrogen) atoms. The normalized spacial score (nSPS) is 15.0. The van der Waals surface area contributed by atoms with Gasteiger partial charge in [0, 0.05) is 31.2 Å². The minimum Gasteiger partial charge on any atom is -0.478 e. The number of thiazole rings is 1. The van der Waals surface area contributed by atoms with Crippen molar-refractivity contribution in [3.8, 4) is 5.75 Å². The van der Waals surface area contributed by atoms with Crippen LogP contribution >= 0.6 is 22.9 Å². The van der Waals surface area contributed by atoms with E-state index in [-0.39, 0.29) is 11.7 Å². The maximum atomic E-state index is 13.7. The number of benzene rings is 2. The Balaban J connectivity index is 1.55. The van der Waals surface area contributed by atoms with Crippen LogP contribution in [0.2, 0.25) is 5.02 Å². The second-order valence-electron chi connectivity index (χ2n) is 8.44. The fraction of sp³-hybridized carbons (Fsp3) is 0.417. The molecule has 0 atom stereocenters. The number of aromatic nitrogens is 1. The summed E-state index contributed by atoms with van der Waals surface area (Å²) in [6.07, 6.45) is 0.771. The molecule has 0 aliphatic carbocycles. The first-order valence-electron chi connectivity index (χ1n) is 10.9. The molecule has 1 aliphatic rings. The molecule has 1 saturated heterocycles. The van der Waals surface area contributed by atoms with E-state index in [1.54, 1.807) is 49.1 Å². The van der Waals surface area contributed by atoms with Crippen molar-refractivity contribution >= 4 is 44.2 Å². The molecule has 1 fully saturated rings. The summed E-state index contributed by atoms with van der Waals surface area (Å²) < 4.78 is 25.9. The third kappa shape index (κ3) is 6.00. The minimum absolute atomic E-state index is 0.209. The summed E-state index contributed by atoms with van der Waals surface area (Å²) in [5.74, 6) is 0.0191. The van der Waals surface area contributed by atoms with E-state index < -0.39 is 5.60 Å². The van der Waals surface area contributed by atoms with Crippen molar-refractivity contribution in [1.82, 2.24) is 9.88 Å².